The summed E-state index contributed by atoms with van der Waals surface area (Å²) in [5.74, 6) is -0.925. The number of quaternary nitrogens is 1. The highest BCUT2D eigenvalue weighted by molar-refractivity contribution is 7.47. The van der Waals surface area contributed by atoms with Crippen LogP contribution in [0.3, 0.4) is 0 Å². The normalized spacial score (nSPS) is 14.8. The number of unbranched alkanes of at least 4 members (excludes halogenated alkanes) is 14. The summed E-state index contributed by atoms with van der Waals surface area (Å²) in [6.07, 6.45) is 50.9. The zero-order valence-electron chi connectivity index (χ0n) is 39.7. The quantitative estimate of drug-likeness (QED) is 0.0154. The first-order chi connectivity index (χ1) is 29.9. The molecule has 1 unspecified atom stereocenters. The van der Waals surface area contributed by atoms with Gasteiger partial charge in [0.15, 0.2) is 6.10 Å². The Hall–Kier alpha value is -2.85. The molecule has 62 heavy (non-hydrogen) atoms. The van der Waals surface area contributed by atoms with Crippen LogP contribution in [0.25, 0.3) is 0 Å². The van der Waals surface area contributed by atoms with Gasteiger partial charge in [-0.2, -0.15) is 0 Å². The van der Waals surface area contributed by atoms with Gasteiger partial charge in [0.1, 0.15) is 19.8 Å². The van der Waals surface area contributed by atoms with Crippen molar-refractivity contribution in [2.45, 2.75) is 180 Å². The van der Waals surface area contributed by atoms with E-state index in [1.165, 1.54) is 51.4 Å². The summed E-state index contributed by atoms with van der Waals surface area (Å²) in [6, 6.07) is 0. The Morgan fingerprint density at radius 3 is 1.71 bits per heavy atom. The number of ether oxygens (including phenoxy) is 2. The summed E-state index contributed by atoms with van der Waals surface area (Å²) >= 11 is 0. The van der Waals surface area contributed by atoms with Gasteiger partial charge in [0.05, 0.1) is 33.9 Å². The van der Waals surface area contributed by atoms with Crippen molar-refractivity contribution < 1.29 is 47.2 Å². The Morgan fingerprint density at radius 1 is 0.581 bits per heavy atom. The van der Waals surface area contributed by atoms with Gasteiger partial charge in [-0.25, -0.2) is 4.57 Å². The monoisotopic (exact) mass is 891 g/mol. The average Bonchev–Trinajstić information content (AvgIpc) is 3.22. The molecule has 0 fully saturated rings. The molecule has 0 aromatic heterocycles. The Kier molecular flexibility index (Phi) is 40.2. The molecule has 0 aliphatic rings. The Bertz CT molecular complexity index is 1340. The van der Waals surface area contributed by atoms with Crippen LogP contribution in [0.2, 0.25) is 0 Å². The number of aliphatic hydroxyl groups excluding tert-OH is 1. The maximum atomic E-state index is 12.7. The van der Waals surface area contributed by atoms with E-state index in [4.69, 9.17) is 18.5 Å². The van der Waals surface area contributed by atoms with Crippen molar-refractivity contribution in [1.82, 2.24) is 0 Å². The maximum absolute atomic E-state index is 12.7. The van der Waals surface area contributed by atoms with Gasteiger partial charge in [-0.3, -0.25) is 18.6 Å². The lowest BCUT2D eigenvalue weighted by Crippen LogP contribution is -2.37. The molecule has 10 nitrogen and oxygen atoms in total. The van der Waals surface area contributed by atoms with Gasteiger partial charge in [-0.15, -0.1) is 0 Å². The van der Waals surface area contributed by atoms with Gasteiger partial charge < -0.3 is 24.0 Å². The zero-order valence-corrected chi connectivity index (χ0v) is 40.6. The van der Waals surface area contributed by atoms with Gasteiger partial charge in [-0.1, -0.05) is 157 Å². The Labute approximate surface area is 378 Å². The van der Waals surface area contributed by atoms with Crippen molar-refractivity contribution in [3.63, 3.8) is 0 Å². The number of carbonyl (C=O) groups is 2. The SMILES string of the molecule is CCCCC/C=C\C[C@@H](O)/C=C/C=C\C/C=C\CCCC(=O)OC[C@H](COP(=O)(O)OCC[N+](C)(C)C)OC(=O)CCCCCCCC/C=C\C/C=C\C/C=C\CCCCCC. The lowest BCUT2D eigenvalue weighted by atomic mass is 10.1. The average molecular weight is 891 g/mol. The lowest BCUT2D eigenvalue weighted by Gasteiger charge is -2.24. The lowest BCUT2D eigenvalue weighted by molar-refractivity contribution is -0.870. The molecule has 0 rings (SSSR count). The van der Waals surface area contributed by atoms with Gasteiger partial charge in [0.2, 0.25) is 0 Å². The number of rotatable bonds is 42. The maximum Gasteiger partial charge on any atom is 0.472 e. The molecule has 0 amide bonds. The van der Waals surface area contributed by atoms with E-state index in [1.807, 2.05) is 57.6 Å². The summed E-state index contributed by atoms with van der Waals surface area (Å²) in [4.78, 5) is 35.4. The van der Waals surface area contributed by atoms with Crippen LogP contribution >= 0.6 is 7.82 Å². The summed E-state index contributed by atoms with van der Waals surface area (Å²) < 4.78 is 34.3. The third-order valence-electron chi connectivity index (χ3n) is 9.73. The van der Waals surface area contributed by atoms with E-state index in [0.717, 1.165) is 64.2 Å². The van der Waals surface area contributed by atoms with E-state index in [0.29, 0.717) is 36.7 Å². The molecule has 0 aromatic rings. The van der Waals surface area contributed by atoms with Crippen LogP contribution in [-0.4, -0.2) is 86.1 Å². The first-order valence-corrected chi connectivity index (χ1v) is 25.4. The molecule has 0 aliphatic heterocycles. The van der Waals surface area contributed by atoms with Crippen molar-refractivity contribution >= 4 is 19.8 Å². The number of phosphoric acid groups is 1. The molecule has 0 spiro atoms. The molecule has 0 saturated heterocycles. The topological polar surface area (TPSA) is 129 Å². The third kappa shape index (κ3) is 45.2. The zero-order chi connectivity index (χ0) is 45.8. The second kappa shape index (κ2) is 42.1. The molecule has 356 valence electrons. The summed E-state index contributed by atoms with van der Waals surface area (Å²) in [6.45, 7) is 4.19. The number of likely N-dealkylation sites (N-methyl/N-ethyl adjacent to an activating group) is 1. The fourth-order valence-corrected chi connectivity index (χ4v) is 6.66. The fourth-order valence-electron chi connectivity index (χ4n) is 5.92. The van der Waals surface area contributed by atoms with Crippen LogP contribution in [0.15, 0.2) is 85.1 Å². The smallest absolute Gasteiger partial charge is 0.462 e. The van der Waals surface area contributed by atoms with Crippen molar-refractivity contribution in [2.24, 2.45) is 0 Å². The Balaban J connectivity index is 4.50. The number of aliphatic hydroxyl groups is 1. The van der Waals surface area contributed by atoms with E-state index in [-0.39, 0.29) is 26.1 Å². The van der Waals surface area contributed by atoms with Crippen LogP contribution in [0, 0.1) is 0 Å². The largest absolute Gasteiger partial charge is 0.472 e. The van der Waals surface area contributed by atoms with Crippen molar-refractivity contribution in [2.75, 3.05) is 47.5 Å². The van der Waals surface area contributed by atoms with Crippen LogP contribution in [0.1, 0.15) is 168 Å². The number of phosphoric ester groups is 1. The third-order valence-corrected chi connectivity index (χ3v) is 10.7. The molecule has 0 bridgehead atoms. The van der Waals surface area contributed by atoms with Gasteiger partial charge in [0, 0.05) is 12.8 Å². The van der Waals surface area contributed by atoms with E-state index >= 15 is 0 Å². The fraction of sp³-hybridized carbons (Fsp3) is 0.686. The predicted molar refractivity (Wildman–Crippen MR) is 258 cm³/mol. The van der Waals surface area contributed by atoms with Gasteiger partial charge >= 0.3 is 19.8 Å². The van der Waals surface area contributed by atoms with Crippen molar-refractivity contribution in [1.29, 1.82) is 0 Å². The minimum Gasteiger partial charge on any atom is -0.462 e. The standard InChI is InChI=1S/C51H88NO9P/c1-6-8-10-12-14-15-16-17-18-19-20-21-22-23-24-25-26-31-35-39-43-51(55)61-49(47-60-62(56,57)59-45-44-52(3,4)5)46-58-50(54)42-38-34-30-28-27-29-33-37-41-48(53)40-36-32-13-11-9-7-2/h15-16,18-19,21-22,28-30,32-33,36-37,41,48-49,53H,6-14,17,20,23-27,31,34-35,38-40,42-47H2,1-5H3/p+1/b16-15-,19-18-,22-21-,30-28-,33-29-,36-32-,41-37+/t48-,49-/m1/s1. The number of carbonyl (C=O) groups excluding carboxylic acids is 2. The van der Waals surface area contributed by atoms with Crippen LogP contribution < -0.4 is 0 Å². The molecule has 11 heteroatoms. The molecule has 0 radical (unpaired) electrons. The number of hydrogen-bond acceptors (Lipinski definition) is 8. The van der Waals surface area contributed by atoms with Gasteiger partial charge in [0.25, 0.3) is 0 Å². The summed E-state index contributed by atoms with van der Waals surface area (Å²) in [5, 5.41) is 10.1. The Morgan fingerprint density at radius 2 is 1.08 bits per heavy atom. The highest BCUT2D eigenvalue weighted by Crippen LogP contribution is 2.43. The first-order valence-electron chi connectivity index (χ1n) is 23.9. The molecule has 3 atom stereocenters. The molecule has 0 saturated carbocycles. The number of allylic oxidation sites excluding steroid dienone is 12. The van der Waals surface area contributed by atoms with Crippen molar-refractivity contribution in [3.05, 3.63) is 85.1 Å². The van der Waals surface area contributed by atoms with Crippen LogP contribution in [0.4, 0.5) is 0 Å². The van der Waals surface area contributed by atoms with E-state index in [9.17, 15) is 24.2 Å². The highest BCUT2D eigenvalue weighted by atomic mass is 31.2. The van der Waals surface area contributed by atoms with E-state index < -0.39 is 38.6 Å². The second-order valence-electron chi connectivity index (χ2n) is 17.0. The minimum absolute atomic E-state index is 0.00586. The molecule has 0 aromatic carbocycles. The van der Waals surface area contributed by atoms with Crippen LogP contribution in [0.5, 0.6) is 0 Å². The van der Waals surface area contributed by atoms with Gasteiger partial charge in [-0.05, 0) is 83.5 Å². The predicted octanol–water partition coefficient (Wildman–Crippen LogP) is 12.9. The summed E-state index contributed by atoms with van der Waals surface area (Å²) in [5.41, 5.74) is 0. The van der Waals surface area contributed by atoms with Crippen molar-refractivity contribution in [3.8, 4) is 0 Å². The molecule has 0 aliphatic carbocycles. The van der Waals surface area contributed by atoms with E-state index in [2.05, 4.69) is 56.4 Å². The van der Waals surface area contributed by atoms with E-state index in [1.54, 1.807) is 6.08 Å². The number of nitrogens with zero attached hydrogens (tertiary/aromatic N) is 1. The number of hydrogen-bond donors (Lipinski definition) is 2. The minimum atomic E-state index is -4.41. The second-order valence-corrected chi connectivity index (χ2v) is 18.4. The van der Waals surface area contributed by atoms with Crippen LogP contribution in [-0.2, 0) is 32.7 Å². The molecular formula is C51H89NO9P+. The summed E-state index contributed by atoms with van der Waals surface area (Å²) in [7, 11) is 1.39. The number of esters is 2. The highest BCUT2D eigenvalue weighted by Gasteiger charge is 2.27. The molecule has 2 N–H and O–H groups in total. The molecular weight excluding hydrogens is 802 g/mol. The first kappa shape index (κ1) is 59.1. The molecule has 0 heterocycles.